The van der Waals surface area contributed by atoms with Crippen LogP contribution in [0.3, 0.4) is 0 Å². The number of imidazole rings is 1. The molecule has 0 unspecified atom stereocenters. The summed E-state index contributed by atoms with van der Waals surface area (Å²) in [6.45, 7) is 2.48. The molecule has 0 bridgehead atoms. The fourth-order valence-corrected chi connectivity index (χ4v) is 2.06. The molecule has 3 aromatic rings. The number of halogens is 2. The number of fused-ring (bicyclic) bond motifs is 1. The zero-order chi connectivity index (χ0) is 13.4. The molecule has 0 saturated heterocycles. The summed E-state index contributed by atoms with van der Waals surface area (Å²) in [5.74, 6) is -1.23. The van der Waals surface area contributed by atoms with Crippen LogP contribution in [0.2, 0.25) is 0 Å². The highest BCUT2D eigenvalue weighted by Crippen LogP contribution is 2.24. The van der Waals surface area contributed by atoms with Gasteiger partial charge in [0.15, 0.2) is 17.5 Å². The van der Waals surface area contributed by atoms with E-state index < -0.39 is 11.6 Å². The van der Waals surface area contributed by atoms with E-state index in [1.165, 1.54) is 0 Å². The summed E-state index contributed by atoms with van der Waals surface area (Å²) in [4.78, 5) is 4.31. The minimum Gasteiger partial charge on any atom is -0.323 e. The molecule has 19 heavy (non-hydrogen) atoms. The maximum Gasteiger partial charge on any atom is 0.161 e. The molecule has 6 heteroatoms. The second kappa shape index (κ2) is 4.38. The number of benzene rings is 1. The molecule has 0 fully saturated rings. The van der Waals surface area contributed by atoms with Gasteiger partial charge in [-0.15, -0.1) is 5.10 Å². The Morgan fingerprint density at radius 3 is 2.68 bits per heavy atom. The lowest BCUT2D eigenvalue weighted by molar-refractivity contribution is 0.510. The summed E-state index contributed by atoms with van der Waals surface area (Å²) >= 11 is 0. The number of rotatable bonds is 2. The average molecular weight is 260 g/mol. The van der Waals surface area contributed by atoms with E-state index >= 15 is 0 Å². The molecule has 1 aromatic carbocycles. The molecule has 96 valence electrons. The molecule has 0 amide bonds. The van der Waals surface area contributed by atoms with Crippen LogP contribution in [-0.2, 0) is 6.54 Å². The van der Waals surface area contributed by atoms with Crippen LogP contribution in [0, 0.1) is 11.6 Å². The van der Waals surface area contributed by atoms with E-state index in [0.29, 0.717) is 29.1 Å². The van der Waals surface area contributed by atoms with E-state index in [1.54, 1.807) is 22.9 Å². The van der Waals surface area contributed by atoms with Crippen molar-refractivity contribution in [1.82, 2.24) is 19.7 Å². The first-order chi connectivity index (χ1) is 9.20. The van der Waals surface area contributed by atoms with Gasteiger partial charge in [0.05, 0.1) is 11.0 Å². The first kappa shape index (κ1) is 11.7. The van der Waals surface area contributed by atoms with Crippen LogP contribution >= 0.6 is 0 Å². The molecule has 0 N–H and O–H groups in total. The average Bonchev–Trinajstić information content (AvgIpc) is 2.78. The molecule has 0 spiro atoms. The topological polar surface area (TPSA) is 43.6 Å². The lowest BCUT2D eigenvalue weighted by Crippen LogP contribution is -1.99. The zero-order valence-corrected chi connectivity index (χ0v) is 10.1. The Morgan fingerprint density at radius 1 is 1.21 bits per heavy atom. The van der Waals surface area contributed by atoms with Crippen molar-refractivity contribution >= 4 is 11.0 Å². The van der Waals surface area contributed by atoms with Crippen molar-refractivity contribution in [3.63, 3.8) is 0 Å². The number of nitrogens with zero attached hydrogens (tertiary/aromatic N) is 4. The van der Waals surface area contributed by atoms with Crippen LogP contribution in [-0.4, -0.2) is 19.7 Å². The Bertz CT molecular complexity index is 737. The van der Waals surface area contributed by atoms with E-state index in [2.05, 4.69) is 15.2 Å². The van der Waals surface area contributed by atoms with Crippen LogP contribution < -0.4 is 0 Å². The monoisotopic (exact) mass is 260 g/mol. The summed E-state index contributed by atoms with van der Waals surface area (Å²) in [6, 6.07) is 5.74. The smallest absolute Gasteiger partial charge is 0.161 e. The van der Waals surface area contributed by atoms with E-state index in [0.717, 1.165) is 12.1 Å². The van der Waals surface area contributed by atoms with Crippen LogP contribution in [0.15, 0.2) is 30.5 Å². The normalized spacial score (nSPS) is 11.1. The summed E-state index contributed by atoms with van der Waals surface area (Å²) in [7, 11) is 0. The molecule has 3 rings (SSSR count). The van der Waals surface area contributed by atoms with Crippen molar-refractivity contribution in [2.45, 2.75) is 13.5 Å². The van der Waals surface area contributed by atoms with Crippen LogP contribution in [0.25, 0.3) is 22.6 Å². The Morgan fingerprint density at radius 2 is 2.00 bits per heavy atom. The van der Waals surface area contributed by atoms with Crippen molar-refractivity contribution in [3.05, 3.63) is 42.1 Å². The lowest BCUT2D eigenvalue weighted by atomic mass is 10.3. The van der Waals surface area contributed by atoms with Crippen LogP contribution in [0.4, 0.5) is 8.78 Å². The van der Waals surface area contributed by atoms with Crippen molar-refractivity contribution in [1.29, 1.82) is 0 Å². The maximum absolute atomic E-state index is 13.3. The zero-order valence-electron chi connectivity index (χ0n) is 10.1. The molecule has 0 aliphatic rings. The van der Waals surface area contributed by atoms with Crippen LogP contribution in [0.5, 0.6) is 0 Å². The predicted molar refractivity (Wildman–Crippen MR) is 66.3 cm³/mol. The molecule has 0 saturated carbocycles. The van der Waals surface area contributed by atoms with Gasteiger partial charge in [-0.1, -0.05) is 0 Å². The third kappa shape index (κ3) is 1.85. The Balaban J connectivity index is 2.31. The molecular formula is C13H10F2N4. The van der Waals surface area contributed by atoms with Crippen LogP contribution in [0.1, 0.15) is 6.92 Å². The molecule has 0 aliphatic heterocycles. The van der Waals surface area contributed by atoms with Crippen molar-refractivity contribution in [2.24, 2.45) is 0 Å². The SMILES string of the molecule is CCn1c(-c2cccnn2)nc2cc(F)c(F)cc21. The molecule has 4 nitrogen and oxygen atoms in total. The van der Waals surface area contributed by atoms with E-state index in [4.69, 9.17) is 0 Å². The van der Waals surface area contributed by atoms with Crippen molar-refractivity contribution in [2.75, 3.05) is 0 Å². The van der Waals surface area contributed by atoms with Gasteiger partial charge in [0.25, 0.3) is 0 Å². The Kier molecular flexibility index (Phi) is 2.70. The van der Waals surface area contributed by atoms with Gasteiger partial charge in [0, 0.05) is 24.9 Å². The fraction of sp³-hybridized carbons (Fsp3) is 0.154. The van der Waals surface area contributed by atoms with Gasteiger partial charge in [-0.2, -0.15) is 5.10 Å². The third-order valence-electron chi connectivity index (χ3n) is 2.91. The second-order valence-corrected chi connectivity index (χ2v) is 4.04. The highest BCUT2D eigenvalue weighted by molar-refractivity contribution is 5.80. The van der Waals surface area contributed by atoms with Gasteiger partial charge in [-0.3, -0.25) is 0 Å². The van der Waals surface area contributed by atoms with E-state index in [9.17, 15) is 8.78 Å². The number of hydrogen-bond donors (Lipinski definition) is 0. The summed E-state index contributed by atoms with van der Waals surface area (Å²) in [5.41, 5.74) is 1.52. The molecule has 0 atom stereocenters. The summed E-state index contributed by atoms with van der Waals surface area (Å²) < 4.78 is 28.4. The number of aryl methyl sites for hydroxylation is 1. The van der Waals surface area contributed by atoms with E-state index in [-0.39, 0.29) is 0 Å². The van der Waals surface area contributed by atoms with Gasteiger partial charge < -0.3 is 4.57 Å². The predicted octanol–water partition coefficient (Wildman–Crippen LogP) is 2.79. The largest absolute Gasteiger partial charge is 0.323 e. The quantitative estimate of drug-likeness (QED) is 0.711. The Hall–Kier alpha value is -2.37. The minimum atomic E-state index is -0.904. The first-order valence-corrected chi connectivity index (χ1v) is 5.84. The summed E-state index contributed by atoms with van der Waals surface area (Å²) in [5, 5.41) is 7.77. The van der Waals surface area contributed by atoms with E-state index in [1.807, 2.05) is 6.92 Å². The van der Waals surface area contributed by atoms with Crippen molar-refractivity contribution in [3.8, 4) is 11.5 Å². The number of hydrogen-bond acceptors (Lipinski definition) is 3. The number of aromatic nitrogens is 4. The van der Waals surface area contributed by atoms with Gasteiger partial charge in [0.2, 0.25) is 0 Å². The van der Waals surface area contributed by atoms with Crippen molar-refractivity contribution < 1.29 is 8.78 Å². The standard InChI is InChI=1S/C13H10F2N4/c1-2-19-12-7-9(15)8(14)6-11(12)17-13(19)10-4-3-5-16-18-10/h3-7H,2H2,1H3. The molecule has 2 aromatic heterocycles. The minimum absolute atomic E-state index is 0.404. The lowest BCUT2D eigenvalue weighted by Gasteiger charge is -2.04. The highest BCUT2D eigenvalue weighted by Gasteiger charge is 2.15. The molecule has 0 aliphatic carbocycles. The molecule has 0 radical (unpaired) electrons. The third-order valence-corrected chi connectivity index (χ3v) is 2.91. The summed E-state index contributed by atoms with van der Waals surface area (Å²) in [6.07, 6.45) is 1.56. The van der Waals surface area contributed by atoms with Gasteiger partial charge in [-0.05, 0) is 19.1 Å². The van der Waals surface area contributed by atoms with Gasteiger partial charge in [0.1, 0.15) is 5.69 Å². The highest BCUT2D eigenvalue weighted by atomic mass is 19.2. The first-order valence-electron chi connectivity index (χ1n) is 5.84. The van der Waals surface area contributed by atoms with Gasteiger partial charge >= 0.3 is 0 Å². The molecular weight excluding hydrogens is 250 g/mol. The molecule has 2 heterocycles. The van der Waals surface area contributed by atoms with Gasteiger partial charge in [-0.25, -0.2) is 13.8 Å². The Labute approximate surface area is 107 Å². The maximum atomic E-state index is 13.3. The fourth-order valence-electron chi connectivity index (χ4n) is 2.06. The second-order valence-electron chi connectivity index (χ2n) is 4.04.